The van der Waals surface area contributed by atoms with Crippen molar-refractivity contribution < 1.29 is 4.79 Å². The van der Waals surface area contributed by atoms with Gasteiger partial charge in [0, 0.05) is 43.9 Å². The Morgan fingerprint density at radius 3 is 2.84 bits per heavy atom. The van der Waals surface area contributed by atoms with Crippen molar-refractivity contribution in [3.63, 3.8) is 0 Å². The molecule has 0 spiro atoms. The fourth-order valence-corrected chi connectivity index (χ4v) is 1.85. The Morgan fingerprint density at radius 1 is 1.47 bits per heavy atom. The van der Waals surface area contributed by atoms with Crippen molar-refractivity contribution in [3.8, 4) is 0 Å². The summed E-state index contributed by atoms with van der Waals surface area (Å²) in [4.78, 5) is 30.9. The summed E-state index contributed by atoms with van der Waals surface area (Å²) in [6, 6.07) is 1.43. The molecule has 2 rings (SSSR count). The number of carbonyl (C=O) groups excluding carboxylic acids is 1. The standard InChI is InChI=1S/C12H17N5O2/c1-8-7-11(19)14-12(13-8)16-15-10-3-5-17(6-4-10)9(2)18/h3,7,15H,4-6H2,1-2H3,(H2,13,14,16,19). The maximum Gasteiger partial charge on any atom is 0.252 e. The molecule has 1 aromatic rings. The van der Waals surface area contributed by atoms with Gasteiger partial charge < -0.3 is 10.3 Å². The van der Waals surface area contributed by atoms with E-state index in [0.29, 0.717) is 24.7 Å². The number of amides is 1. The molecule has 0 saturated heterocycles. The number of H-pyrrole nitrogens is 1. The molecule has 0 aromatic carbocycles. The number of nitrogens with one attached hydrogen (secondary N) is 3. The van der Waals surface area contributed by atoms with Crippen molar-refractivity contribution in [1.29, 1.82) is 0 Å². The molecule has 0 aliphatic carbocycles. The maximum atomic E-state index is 11.3. The highest BCUT2D eigenvalue weighted by atomic mass is 16.2. The predicted molar refractivity (Wildman–Crippen MR) is 71.3 cm³/mol. The number of aromatic nitrogens is 2. The second-order valence-corrected chi connectivity index (χ2v) is 4.43. The quantitative estimate of drug-likeness (QED) is 0.674. The molecule has 0 radical (unpaired) electrons. The Labute approximate surface area is 110 Å². The predicted octanol–water partition coefficient (Wildman–Crippen LogP) is 0.131. The number of carbonyl (C=O) groups is 1. The molecule has 0 bridgehead atoms. The van der Waals surface area contributed by atoms with Crippen LogP contribution in [0, 0.1) is 6.92 Å². The molecule has 102 valence electrons. The number of aromatic amines is 1. The summed E-state index contributed by atoms with van der Waals surface area (Å²) < 4.78 is 0. The van der Waals surface area contributed by atoms with Crippen LogP contribution in [0.25, 0.3) is 0 Å². The fraction of sp³-hybridized carbons (Fsp3) is 0.417. The van der Waals surface area contributed by atoms with Crippen LogP contribution in [0.4, 0.5) is 5.95 Å². The van der Waals surface area contributed by atoms with Crippen LogP contribution >= 0.6 is 0 Å². The van der Waals surface area contributed by atoms with Crippen LogP contribution in [-0.4, -0.2) is 33.9 Å². The SMILES string of the molecule is CC(=O)N1CC=C(NNc2nc(C)cc(=O)[nH]2)CC1. The largest absolute Gasteiger partial charge is 0.339 e. The number of anilines is 1. The lowest BCUT2D eigenvalue weighted by molar-refractivity contribution is -0.128. The Kier molecular flexibility index (Phi) is 3.84. The van der Waals surface area contributed by atoms with Gasteiger partial charge in [-0.1, -0.05) is 0 Å². The third-order valence-electron chi connectivity index (χ3n) is 2.87. The summed E-state index contributed by atoms with van der Waals surface area (Å²) >= 11 is 0. The summed E-state index contributed by atoms with van der Waals surface area (Å²) in [5.41, 5.74) is 7.27. The van der Waals surface area contributed by atoms with Gasteiger partial charge in [-0.15, -0.1) is 0 Å². The van der Waals surface area contributed by atoms with Crippen LogP contribution < -0.4 is 16.4 Å². The van der Waals surface area contributed by atoms with E-state index in [9.17, 15) is 9.59 Å². The van der Waals surface area contributed by atoms with Gasteiger partial charge in [0.2, 0.25) is 11.9 Å². The number of hydrogen-bond acceptors (Lipinski definition) is 5. The molecule has 1 amide bonds. The van der Waals surface area contributed by atoms with E-state index in [-0.39, 0.29) is 11.5 Å². The van der Waals surface area contributed by atoms with E-state index < -0.39 is 0 Å². The Bertz CT molecular complexity index is 563. The van der Waals surface area contributed by atoms with E-state index in [4.69, 9.17) is 0 Å². The third kappa shape index (κ3) is 3.57. The molecular formula is C12H17N5O2. The Morgan fingerprint density at radius 2 is 2.26 bits per heavy atom. The number of hydrazine groups is 1. The zero-order valence-electron chi connectivity index (χ0n) is 11.0. The van der Waals surface area contributed by atoms with Crippen LogP contribution in [-0.2, 0) is 4.79 Å². The first kappa shape index (κ1) is 13.1. The van der Waals surface area contributed by atoms with E-state index >= 15 is 0 Å². The smallest absolute Gasteiger partial charge is 0.252 e. The average molecular weight is 263 g/mol. The first-order chi connectivity index (χ1) is 9.04. The van der Waals surface area contributed by atoms with Gasteiger partial charge in [0.05, 0.1) is 0 Å². The van der Waals surface area contributed by atoms with Crippen LogP contribution in [0.5, 0.6) is 0 Å². The molecule has 0 saturated carbocycles. The normalized spacial score (nSPS) is 14.8. The lowest BCUT2D eigenvalue weighted by atomic mass is 10.2. The highest BCUT2D eigenvalue weighted by molar-refractivity contribution is 5.73. The van der Waals surface area contributed by atoms with Gasteiger partial charge in [0.25, 0.3) is 5.56 Å². The fourth-order valence-electron chi connectivity index (χ4n) is 1.85. The molecule has 3 N–H and O–H groups in total. The molecule has 1 aliphatic heterocycles. The van der Waals surface area contributed by atoms with Crippen molar-refractivity contribution in [2.75, 3.05) is 18.5 Å². The molecule has 0 atom stereocenters. The van der Waals surface area contributed by atoms with Crippen molar-refractivity contribution in [2.24, 2.45) is 0 Å². The van der Waals surface area contributed by atoms with Gasteiger partial charge in [0.1, 0.15) is 0 Å². The Balaban J connectivity index is 1.93. The highest BCUT2D eigenvalue weighted by Crippen LogP contribution is 2.08. The summed E-state index contributed by atoms with van der Waals surface area (Å²) in [5, 5.41) is 0. The highest BCUT2D eigenvalue weighted by Gasteiger charge is 2.13. The van der Waals surface area contributed by atoms with Gasteiger partial charge in [-0.05, 0) is 13.0 Å². The molecule has 0 unspecified atom stereocenters. The van der Waals surface area contributed by atoms with Crippen molar-refractivity contribution >= 4 is 11.9 Å². The molecule has 7 heteroatoms. The summed E-state index contributed by atoms with van der Waals surface area (Å²) in [7, 11) is 0. The number of rotatable bonds is 3. The minimum atomic E-state index is -0.197. The van der Waals surface area contributed by atoms with Gasteiger partial charge in [-0.3, -0.25) is 20.0 Å². The minimum absolute atomic E-state index is 0.0768. The second-order valence-electron chi connectivity index (χ2n) is 4.43. The molecule has 0 fully saturated rings. The Hall–Kier alpha value is -2.31. The maximum absolute atomic E-state index is 11.3. The molecular weight excluding hydrogens is 246 g/mol. The van der Waals surface area contributed by atoms with Crippen molar-refractivity contribution in [2.45, 2.75) is 20.3 Å². The van der Waals surface area contributed by atoms with Crippen molar-refractivity contribution in [1.82, 2.24) is 20.3 Å². The van der Waals surface area contributed by atoms with E-state index in [0.717, 1.165) is 12.1 Å². The number of nitrogens with zero attached hydrogens (tertiary/aromatic N) is 2. The lowest BCUT2D eigenvalue weighted by Crippen LogP contribution is -2.36. The zero-order valence-corrected chi connectivity index (χ0v) is 11.0. The molecule has 1 aliphatic rings. The summed E-state index contributed by atoms with van der Waals surface area (Å²) in [6.45, 7) is 4.60. The van der Waals surface area contributed by atoms with Gasteiger partial charge in [0.15, 0.2) is 0 Å². The van der Waals surface area contributed by atoms with Crippen LogP contribution in [0.2, 0.25) is 0 Å². The van der Waals surface area contributed by atoms with Crippen molar-refractivity contribution in [3.05, 3.63) is 33.9 Å². The molecule has 19 heavy (non-hydrogen) atoms. The summed E-state index contributed by atoms with van der Waals surface area (Å²) in [6.07, 6.45) is 2.68. The molecule has 7 nitrogen and oxygen atoms in total. The average Bonchev–Trinajstić information content (AvgIpc) is 2.36. The van der Waals surface area contributed by atoms with Crippen LogP contribution in [0.1, 0.15) is 19.0 Å². The van der Waals surface area contributed by atoms with E-state index in [1.54, 1.807) is 18.7 Å². The van der Waals surface area contributed by atoms with Gasteiger partial charge in [-0.25, -0.2) is 4.98 Å². The van der Waals surface area contributed by atoms with Crippen LogP contribution in [0.15, 0.2) is 22.6 Å². The number of aryl methyl sites for hydroxylation is 1. The third-order valence-corrected chi connectivity index (χ3v) is 2.87. The zero-order chi connectivity index (χ0) is 13.8. The van der Waals surface area contributed by atoms with Gasteiger partial charge >= 0.3 is 0 Å². The lowest BCUT2D eigenvalue weighted by Gasteiger charge is -2.25. The molecule has 2 heterocycles. The van der Waals surface area contributed by atoms with E-state index in [2.05, 4.69) is 20.8 Å². The van der Waals surface area contributed by atoms with E-state index in [1.165, 1.54) is 6.07 Å². The summed E-state index contributed by atoms with van der Waals surface area (Å²) in [5.74, 6) is 0.452. The number of hydrogen-bond donors (Lipinski definition) is 3. The minimum Gasteiger partial charge on any atom is -0.339 e. The second kappa shape index (κ2) is 5.55. The monoisotopic (exact) mass is 263 g/mol. The van der Waals surface area contributed by atoms with Crippen LogP contribution in [0.3, 0.4) is 0 Å². The molecule has 1 aromatic heterocycles. The first-order valence-electron chi connectivity index (χ1n) is 6.09. The van der Waals surface area contributed by atoms with E-state index in [1.807, 2.05) is 6.08 Å². The topological polar surface area (TPSA) is 90.1 Å². The first-order valence-corrected chi connectivity index (χ1v) is 6.09. The van der Waals surface area contributed by atoms with Gasteiger partial charge in [-0.2, -0.15) is 0 Å².